The van der Waals surface area contributed by atoms with E-state index in [-0.39, 0.29) is 17.4 Å². The van der Waals surface area contributed by atoms with Gasteiger partial charge in [-0.25, -0.2) is 14.6 Å². The summed E-state index contributed by atoms with van der Waals surface area (Å²) in [6, 6.07) is 8.95. The van der Waals surface area contributed by atoms with Gasteiger partial charge in [0.1, 0.15) is 11.6 Å². The molecule has 0 radical (unpaired) electrons. The fraction of sp³-hybridized carbons (Fsp3) is 0.143. The first kappa shape index (κ1) is 15.1. The van der Waals surface area contributed by atoms with Crippen molar-refractivity contribution in [1.82, 2.24) is 0 Å². The van der Waals surface area contributed by atoms with E-state index in [0.717, 1.165) is 0 Å². The van der Waals surface area contributed by atoms with Gasteiger partial charge in [0.2, 0.25) is 0 Å². The average Bonchev–Trinajstić information content (AvgIpc) is 2.40. The van der Waals surface area contributed by atoms with Gasteiger partial charge < -0.3 is 5.01 Å². The molecular formula is C14H13ClF2N2S. The molecule has 0 saturated heterocycles. The first-order valence-corrected chi connectivity index (χ1v) is 7.19. The van der Waals surface area contributed by atoms with Gasteiger partial charge in [0.05, 0.1) is 5.69 Å². The Bertz CT molecular complexity index is 620. The SMILES string of the molecule is CN(N)c1cccc(F)c1CSc1cc(Cl)ccc1F. The highest BCUT2D eigenvalue weighted by Crippen LogP contribution is 2.32. The molecule has 2 rings (SSSR count). The third-order valence-corrected chi connectivity index (χ3v) is 4.03. The lowest BCUT2D eigenvalue weighted by molar-refractivity contribution is 0.601. The Hall–Kier alpha value is -1.30. The molecule has 0 heterocycles. The summed E-state index contributed by atoms with van der Waals surface area (Å²) in [4.78, 5) is 0.381. The molecule has 2 nitrogen and oxygen atoms in total. The van der Waals surface area contributed by atoms with Crippen LogP contribution in [-0.4, -0.2) is 7.05 Å². The Labute approximate surface area is 125 Å². The highest BCUT2D eigenvalue weighted by molar-refractivity contribution is 7.98. The standard InChI is InChI=1S/C14H13ClF2N2S/c1-19(18)13-4-2-3-11(16)10(13)8-20-14-7-9(15)5-6-12(14)17/h2-7H,8,18H2,1H3. The van der Waals surface area contributed by atoms with E-state index < -0.39 is 0 Å². The third kappa shape index (κ3) is 3.42. The highest BCUT2D eigenvalue weighted by Gasteiger charge is 2.12. The smallest absolute Gasteiger partial charge is 0.136 e. The number of anilines is 1. The van der Waals surface area contributed by atoms with E-state index in [0.29, 0.717) is 21.2 Å². The van der Waals surface area contributed by atoms with E-state index in [1.807, 2.05) is 0 Å². The van der Waals surface area contributed by atoms with Crippen LogP contribution in [0.1, 0.15) is 5.56 Å². The van der Waals surface area contributed by atoms with Crippen LogP contribution in [0.3, 0.4) is 0 Å². The molecule has 0 aromatic heterocycles. The molecule has 0 atom stereocenters. The molecule has 0 bridgehead atoms. The van der Waals surface area contributed by atoms with E-state index in [1.165, 1.54) is 41.0 Å². The first-order chi connectivity index (χ1) is 9.49. The van der Waals surface area contributed by atoms with Gasteiger partial charge in [-0.05, 0) is 30.3 Å². The molecule has 2 aromatic carbocycles. The van der Waals surface area contributed by atoms with Crippen molar-refractivity contribution in [2.45, 2.75) is 10.6 Å². The monoisotopic (exact) mass is 314 g/mol. The van der Waals surface area contributed by atoms with Gasteiger partial charge in [0.25, 0.3) is 0 Å². The summed E-state index contributed by atoms with van der Waals surface area (Å²) >= 11 is 7.01. The normalized spacial score (nSPS) is 10.7. The zero-order valence-corrected chi connectivity index (χ0v) is 12.3. The Balaban J connectivity index is 2.25. The Morgan fingerprint density at radius 2 is 1.95 bits per heavy atom. The summed E-state index contributed by atoms with van der Waals surface area (Å²) in [5.74, 6) is 5.19. The number of benzene rings is 2. The van der Waals surface area contributed by atoms with Crippen molar-refractivity contribution < 1.29 is 8.78 Å². The second-order valence-corrected chi connectivity index (χ2v) is 5.67. The molecule has 0 aliphatic rings. The van der Waals surface area contributed by atoms with E-state index in [2.05, 4.69) is 0 Å². The van der Waals surface area contributed by atoms with Crippen molar-refractivity contribution in [3.63, 3.8) is 0 Å². The summed E-state index contributed by atoms with van der Waals surface area (Å²) in [7, 11) is 1.63. The minimum Gasteiger partial charge on any atom is -0.314 e. The molecule has 0 aliphatic heterocycles. The number of nitrogens with zero attached hydrogens (tertiary/aromatic N) is 1. The van der Waals surface area contributed by atoms with Gasteiger partial charge in [-0.15, -0.1) is 11.8 Å². The van der Waals surface area contributed by atoms with Crippen molar-refractivity contribution in [2.24, 2.45) is 5.84 Å². The van der Waals surface area contributed by atoms with Crippen LogP contribution in [0.5, 0.6) is 0 Å². The maximum atomic E-state index is 13.9. The Morgan fingerprint density at radius 1 is 1.20 bits per heavy atom. The summed E-state index contributed by atoms with van der Waals surface area (Å²) in [6.45, 7) is 0. The molecule has 0 unspecified atom stereocenters. The Kier molecular flexibility index (Phi) is 4.86. The van der Waals surface area contributed by atoms with Crippen molar-refractivity contribution in [3.8, 4) is 0 Å². The quantitative estimate of drug-likeness (QED) is 0.520. The van der Waals surface area contributed by atoms with Crippen LogP contribution in [0.15, 0.2) is 41.3 Å². The topological polar surface area (TPSA) is 29.3 Å². The van der Waals surface area contributed by atoms with E-state index in [4.69, 9.17) is 17.4 Å². The van der Waals surface area contributed by atoms with Crippen LogP contribution in [-0.2, 0) is 5.75 Å². The minimum absolute atomic E-state index is 0.265. The minimum atomic E-state index is -0.376. The van der Waals surface area contributed by atoms with Crippen molar-refractivity contribution in [2.75, 3.05) is 12.1 Å². The molecule has 2 aromatic rings. The number of hydrogen-bond donors (Lipinski definition) is 1. The molecule has 6 heteroatoms. The lowest BCUT2D eigenvalue weighted by Crippen LogP contribution is -2.26. The summed E-state index contributed by atoms with van der Waals surface area (Å²) in [5, 5.41) is 1.78. The highest BCUT2D eigenvalue weighted by atomic mass is 35.5. The molecule has 0 saturated carbocycles. The summed E-state index contributed by atoms with van der Waals surface area (Å²) < 4.78 is 27.5. The van der Waals surface area contributed by atoms with Gasteiger partial charge in [0, 0.05) is 28.3 Å². The van der Waals surface area contributed by atoms with Crippen molar-refractivity contribution in [3.05, 3.63) is 58.6 Å². The zero-order chi connectivity index (χ0) is 14.7. The van der Waals surface area contributed by atoms with Gasteiger partial charge in [-0.3, -0.25) is 0 Å². The molecule has 106 valence electrons. The fourth-order valence-corrected chi connectivity index (χ4v) is 3.00. The molecule has 0 fully saturated rings. The van der Waals surface area contributed by atoms with Crippen LogP contribution in [0, 0.1) is 11.6 Å². The Morgan fingerprint density at radius 3 is 2.65 bits per heavy atom. The molecule has 2 N–H and O–H groups in total. The second kappa shape index (κ2) is 6.43. The molecule has 0 spiro atoms. The van der Waals surface area contributed by atoms with Crippen molar-refractivity contribution in [1.29, 1.82) is 0 Å². The molecular weight excluding hydrogens is 302 g/mol. The average molecular weight is 315 g/mol. The number of halogens is 3. The van der Waals surface area contributed by atoms with Gasteiger partial charge in [-0.1, -0.05) is 17.7 Å². The fourth-order valence-electron chi connectivity index (χ4n) is 1.76. The molecule has 20 heavy (non-hydrogen) atoms. The maximum absolute atomic E-state index is 13.9. The van der Waals surface area contributed by atoms with Crippen LogP contribution >= 0.6 is 23.4 Å². The first-order valence-electron chi connectivity index (χ1n) is 5.82. The van der Waals surface area contributed by atoms with Gasteiger partial charge in [-0.2, -0.15) is 0 Å². The number of hydrogen-bond acceptors (Lipinski definition) is 3. The lowest BCUT2D eigenvalue weighted by Gasteiger charge is -2.17. The molecule has 0 amide bonds. The van der Waals surface area contributed by atoms with Crippen molar-refractivity contribution >= 4 is 29.1 Å². The van der Waals surface area contributed by atoms with E-state index in [9.17, 15) is 8.78 Å². The summed E-state index contributed by atoms with van der Waals surface area (Å²) in [5.41, 5.74) is 1.00. The zero-order valence-electron chi connectivity index (χ0n) is 10.7. The van der Waals surface area contributed by atoms with E-state index >= 15 is 0 Å². The largest absolute Gasteiger partial charge is 0.314 e. The number of rotatable bonds is 4. The maximum Gasteiger partial charge on any atom is 0.136 e. The predicted octanol–water partition coefficient (Wildman–Crippen LogP) is 4.22. The van der Waals surface area contributed by atoms with Crippen LogP contribution in [0.2, 0.25) is 5.02 Å². The van der Waals surface area contributed by atoms with Crippen LogP contribution in [0.4, 0.5) is 14.5 Å². The number of nitrogens with two attached hydrogens (primary N) is 1. The summed E-state index contributed by atoms with van der Waals surface area (Å²) in [6.07, 6.45) is 0. The van der Waals surface area contributed by atoms with Gasteiger partial charge >= 0.3 is 0 Å². The second-order valence-electron chi connectivity index (χ2n) is 4.21. The molecule has 0 aliphatic carbocycles. The van der Waals surface area contributed by atoms with Crippen LogP contribution < -0.4 is 10.9 Å². The third-order valence-electron chi connectivity index (χ3n) is 2.74. The van der Waals surface area contributed by atoms with Crippen LogP contribution in [0.25, 0.3) is 0 Å². The number of thioether (sulfide) groups is 1. The van der Waals surface area contributed by atoms with Gasteiger partial charge in [0.15, 0.2) is 0 Å². The lowest BCUT2D eigenvalue weighted by atomic mass is 10.2. The van der Waals surface area contributed by atoms with E-state index in [1.54, 1.807) is 19.2 Å². The predicted molar refractivity (Wildman–Crippen MR) is 80.0 cm³/mol. The number of hydrazine groups is 1.